The molecule has 1 fully saturated rings. The first-order valence-corrected chi connectivity index (χ1v) is 8.22. The summed E-state index contributed by atoms with van der Waals surface area (Å²) in [6.45, 7) is 2.24. The number of hydrogen-bond acceptors (Lipinski definition) is 4. The first-order chi connectivity index (χ1) is 9.76. The van der Waals surface area contributed by atoms with Gasteiger partial charge in [0.05, 0.1) is 10.6 Å². The molecule has 0 radical (unpaired) electrons. The normalized spacial score (nSPS) is 17.1. The highest BCUT2D eigenvalue weighted by atomic mass is 32.2. The first kappa shape index (κ1) is 16.1. The van der Waals surface area contributed by atoms with E-state index in [0.29, 0.717) is 6.54 Å². The van der Waals surface area contributed by atoms with Crippen molar-refractivity contribution in [2.24, 2.45) is 0 Å². The first-order valence-electron chi connectivity index (χ1n) is 6.57. The van der Waals surface area contributed by atoms with Crippen molar-refractivity contribution >= 4 is 9.84 Å². The molecule has 4 nitrogen and oxygen atoms in total. The molecule has 0 aromatic heterocycles. The molecule has 0 unspecified atom stereocenters. The van der Waals surface area contributed by atoms with Crippen molar-refractivity contribution in [1.82, 2.24) is 4.90 Å². The maximum absolute atomic E-state index is 12.1. The van der Waals surface area contributed by atoms with Crippen molar-refractivity contribution in [3.05, 3.63) is 24.3 Å². The molecular formula is C13H16F3NO3S. The minimum atomic E-state index is -4.78. The van der Waals surface area contributed by atoms with Gasteiger partial charge in [-0.15, -0.1) is 13.2 Å². The zero-order valence-electron chi connectivity index (χ0n) is 11.3. The molecule has 1 heterocycles. The predicted octanol–water partition coefficient (Wildman–Crippen LogP) is 2.45. The largest absolute Gasteiger partial charge is 0.573 e. The Morgan fingerprint density at radius 1 is 1.10 bits per heavy atom. The SMILES string of the molecule is O=S(=O)(CCN1CCCC1)c1ccc(OC(F)(F)F)cc1. The van der Waals surface area contributed by atoms with E-state index in [-0.39, 0.29) is 10.6 Å². The molecular weight excluding hydrogens is 307 g/mol. The van der Waals surface area contributed by atoms with Gasteiger partial charge < -0.3 is 9.64 Å². The molecule has 0 amide bonds. The molecule has 8 heteroatoms. The van der Waals surface area contributed by atoms with Crippen LogP contribution < -0.4 is 4.74 Å². The van der Waals surface area contributed by atoms with Gasteiger partial charge in [0.1, 0.15) is 5.75 Å². The quantitative estimate of drug-likeness (QED) is 0.835. The van der Waals surface area contributed by atoms with Crippen LogP contribution in [0.25, 0.3) is 0 Å². The topological polar surface area (TPSA) is 46.6 Å². The number of ether oxygens (including phenoxy) is 1. The van der Waals surface area contributed by atoms with Crippen LogP contribution in [-0.2, 0) is 9.84 Å². The maximum atomic E-state index is 12.1. The summed E-state index contributed by atoms with van der Waals surface area (Å²) in [6, 6.07) is 4.30. The van der Waals surface area contributed by atoms with Crippen molar-refractivity contribution in [1.29, 1.82) is 0 Å². The van der Waals surface area contributed by atoms with E-state index in [9.17, 15) is 21.6 Å². The van der Waals surface area contributed by atoms with Crippen molar-refractivity contribution in [3.63, 3.8) is 0 Å². The third-order valence-corrected chi connectivity index (χ3v) is 5.00. The van der Waals surface area contributed by atoms with Crippen LogP contribution >= 0.6 is 0 Å². The molecule has 0 spiro atoms. The van der Waals surface area contributed by atoms with Gasteiger partial charge in [0, 0.05) is 6.54 Å². The molecule has 0 bridgehead atoms. The van der Waals surface area contributed by atoms with Crippen LogP contribution in [0.2, 0.25) is 0 Å². The number of sulfone groups is 1. The number of likely N-dealkylation sites (tertiary alicyclic amines) is 1. The Bertz CT molecular complexity index is 563. The lowest BCUT2D eigenvalue weighted by atomic mass is 10.3. The molecule has 1 aromatic carbocycles. The number of halogens is 3. The van der Waals surface area contributed by atoms with Gasteiger partial charge in [-0.3, -0.25) is 0 Å². The average Bonchev–Trinajstić information content (AvgIpc) is 2.88. The van der Waals surface area contributed by atoms with Crippen LogP contribution in [0.15, 0.2) is 29.2 Å². The Labute approximate surface area is 121 Å². The van der Waals surface area contributed by atoms with Crippen LogP contribution in [0, 0.1) is 0 Å². The summed E-state index contributed by atoms with van der Waals surface area (Å²) in [4.78, 5) is 2.08. The van der Waals surface area contributed by atoms with Gasteiger partial charge in [0.15, 0.2) is 9.84 Å². The van der Waals surface area contributed by atoms with E-state index in [2.05, 4.69) is 9.64 Å². The minimum absolute atomic E-state index is 0.0104. The van der Waals surface area contributed by atoms with Crippen LogP contribution in [-0.4, -0.2) is 45.1 Å². The summed E-state index contributed by atoms with van der Waals surface area (Å²) in [5.74, 6) is -0.465. The van der Waals surface area contributed by atoms with Crippen LogP contribution in [0.3, 0.4) is 0 Å². The van der Waals surface area contributed by atoms with E-state index in [1.807, 2.05) is 0 Å². The average molecular weight is 323 g/mol. The zero-order valence-corrected chi connectivity index (χ0v) is 12.1. The van der Waals surface area contributed by atoms with Crippen LogP contribution in [0.5, 0.6) is 5.75 Å². The molecule has 0 N–H and O–H groups in total. The van der Waals surface area contributed by atoms with Crippen molar-refractivity contribution in [2.45, 2.75) is 24.1 Å². The highest BCUT2D eigenvalue weighted by Crippen LogP contribution is 2.24. The zero-order chi connectivity index (χ0) is 15.5. The van der Waals surface area contributed by atoms with Gasteiger partial charge in [-0.2, -0.15) is 0 Å². The number of alkyl halides is 3. The van der Waals surface area contributed by atoms with Gasteiger partial charge in [-0.05, 0) is 50.2 Å². The van der Waals surface area contributed by atoms with E-state index in [1.54, 1.807) is 0 Å². The molecule has 21 heavy (non-hydrogen) atoms. The second-order valence-electron chi connectivity index (χ2n) is 4.89. The molecule has 1 aliphatic rings. The van der Waals surface area contributed by atoms with Crippen molar-refractivity contribution in [3.8, 4) is 5.75 Å². The molecule has 118 valence electrons. The highest BCUT2D eigenvalue weighted by molar-refractivity contribution is 7.91. The van der Waals surface area contributed by atoms with E-state index >= 15 is 0 Å². The van der Waals surface area contributed by atoms with Gasteiger partial charge in [0.25, 0.3) is 0 Å². The third kappa shape index (κ3) is 4.89. The summed E-state index contributed by atoms with van der Waals surface area (Å²) >= 11 is 0. The number of rotatable bonds is 5. The van der Waals surface area contributed by atoms with E-state index < -0.39 is 21.9 Å². The van der Waals surface area contributed by atoms with E-state index in [1.165, 1.54) is 0 Å². The van der Waals surface area contributed by atoms with Gasteiger partial charge >= 0.3 is 6.36 Å². The standard InChI is InChI=1S/C13H16F3NO3S/c14-13(15,16)20-11-3-5-12(6-4-11)21(18,19)10-9-17-7-1-2-8-17/h3-6H,1-2,7-10H2. The molecule has 1 aromatic rings. The Hall–Kier alpha value is -1.28. The summed E-state index contributed by atoms with van der Waals surface area (Å²) in [5.41, 5.74) is 0. The predicted molar refractivity (Wildman–Crippen MR) is 70.9 cm³/mol. The van der Waals surface area contributed by atoms with E-state index in [0.717, 1.165) is 50.2 Å². The maximum Gasteiger partial charge on any atom is 0.573 e. The second-order valence-corrected chi connectivity index (χ2v) is 7.00. The molecule has 2 rings (SSSR count). The Morgan fingerprint density at radius 3 is 2.19 bits per heavy atom. The second kappa shape index (κ2) is 6.23. The van der Waals surface area contributed by atoms with E-state index in [4.69, 9.17) is 0 Å². The fourth-order valence-electron chi connectivity index (χ4n) is 2.22. The molecule has 0 saturated carbocycles. The fourth-order valence-corrected chi connectivity index (χ4v) is 3.51. The monoisotopic (exact) mass is 323 g/mol. The molecule has 1 saturated heterocycles. The van der Waals surface area contributed by atoms with Crippen LogP contribution in [0.1, 0.15) is 12.8 Å². The fraction of sp³-hybridized carbons (Fsp3) is 0.538. The van der Waals surface area contributed by atoms with Gasteiger partial charge in [-0.25, -0.2) is 8.42 Å². The van der Waals surface area contributed by atoms with Gasteiger partial charge in [0.2, 0.25) is 0 Å². The summed E-state index contributed by atoms with van der Waals surface area (Å²) in [6.07, 6.45) is -2.64. The summed E-state index contributed by atoms with van der Waals surface area (Å²) in [7, 11) is -3.49. The number of hydrogen-bond donors (Lipinski definition) is 0. The number of nitrogens with zero attached hydrogens (tertiary/aromatic N) is 1. The Morgan fingerprint density at radius 2 is 1.67 bits per heavy atom. The summed E-state index contributed by atoms with van der Waals surface area (Å²) in [5, 5.41) is 0. The molecule has 0 aliphatic carbocycles. The molecule has 0 atom stereocenters. The number of benzene rings is 1. The smallest absolute Gasteiger partial charge is 0.406 e. The summed E-state index contributed by atoms with van der Waals surface area (Å²) < 4.78 is 64.0. The van der Waals surface area contributed by atoms with Crippen LogP contribution in [0.4, 0.5) is 13.2 Å². The van der Waals surface area contributed by atoms with Crippen molar-refractivity contribution in [2.75, 3.05) is 25.4 Å². The lowest BCUT2D eigenvalue weighted by Crippen LogP contribution is -2.26. The lowest BCUT2D eigenvalue weighted by molar-refractivity contribution is -0.274. The third-order valence-electron chi connectivity index (χ3n) is 3.29. The van der Waals surface area contributed by atoms with Crippen molar-refractivity contribution < 1.29 is 26.3 Å². The minimum Gasteiger partial charge on any atom is -0.406 e. The van der Waals surface area contributed by atoms with Gasteiger partial charge in [-0.1, -0.05) is 0 Å². The highest BCUT2D eigenvalue weighted by Gasteiger charge is 2.31. The Kier molecular flexibility index (Phi) is 4.77. The molecule has 1 aliphatic heterocycles. The lowest BCUT2D eigenvalue weighted by Gasteiger charge is -2.14. The Balaban J connectivity index is 1.99.